The topological polar surface area (TPSA) is 75.6 Å². The number of aliphatic carboxylic acids is 1. The van der Waals surface area contributed by atoms with Crippen molar-refractivity contribution in [1.82, 2.24) is 5.32 Å². The predicted octanol–water partition coefficient (Wildman–Crippen LogP) is 3.09. The quantitative estimate of drug-likeness (QED) is 0.533. The highest BCUT2D eigenvalue weighted by Gasteiger charge is 2.22. The Bertz CT molecular complexity index is 579. The SMILES string of the molecule is C=CCCOC(C)C(=O)NC(CC(=O)O)c1ccc(Cl)c(F)c1. The lowest BCUT2D eigenvalue weighted by Gasteiger charge is -2.20. The first kappa shape index (κ1) is 19.1. The van der Waals surface area contributed by atoms with Crippen LogP contribution in [0.25, 0.3) is 0 Å². The zero-order valence-corrected chi connectivity index (χ0v) is 13.5. The molecule has 5 nitrogen and oxygen atoms in total. The Morgan fingerprint density at radius 2 is 2.22 bits per heavy atom. The molecule has 126 valence electrons. The van der Waals surface area contributed by atoms with E-state index in [4.69, 9.17) is 21.4 Å². The van der Waals surface area contributed by atoms with E-state index in [0.717, 1.165) is 6.07 Å². The van der Waals surface area contributed by atoms with Crippen LogP contribution >= 0.6 is 11.6 Å². The lowest BCUT2D eigenvalue weighted by Crippen LogP contribution is -2.38. The summed E-state index contributed by atoms with van der Waals surface area (Å²) in [7, 11) is 0. The van der Waals surface area contributed by atoms with Crippen molar-refractivity contribution >= 4 is 23.5 Å². The van der Waals surface area contributed by atoms with Gasteiger partial charge in [0.1, 0.15) is 11.9 Å². The Balaban J connectivity index is 2.81. The van der Waals surface area contributed by atoms with Crippen molar-refractivity contribution in [2.75, 3.05) is 6.61 Å². The average Bonchev–Trinajstić information content (AvgIpc) is 2.49. The van der Waals surface area contributed by atoms with Gasteiger partial charge in [-0.05, 0) is 31.0 Å². The molecule has 0 fully saturated rings. The minimum atomic E-state index is -1.12. The number of carbonyl (C=O) groups excluding carboxylic acids is 1. The maximum absolute atomic E-state index is 13.6. The normalized spacial score (nSPS) is 13.2. The van der Waals surface area contributed by atoms with E-state index in [1.165, 1.54) is 12.1 Å². The van der Waals surface area contributed by atoms with Crippen molar-refractivity contribution in [3.05, 3.63) is 47.3 Å². The Kier molecular flexibility index (Phi) is 7.71. The number of amides is 1. The van der Waals surface area contributed by atoms with E-state index in [2.05, 4.69) is 11.9 Å². The number of hydrogen-bond acceptors (Lipinski definition) is 3. The summed E-state index contributed by atoms with van der Waals surface area (Å²) in [6.07, 6.45) is 1.11. The molecule has 0 saturated carbocycles. The second-order valence-electron chi connectivity index (χ2n) is 4.92. The lowest BCUT2D eigenvalue weighted by atomic mass is 10.0. The van der Waals surface area contributed by atoms with Gasteiger partial charge in [-0.1, -0.05) is 23.7 Å². The summed E-state index contributed by atoms with van der Waals surface area (Å²) in [5, 5.41) is 11.5. The Morgan fingerprint density at radius 1 is 1.52 bits per heavy atom. The highest BCUT2D eigenvalue weighted by atomic mass is 35.5. The molecule has 1 rings (SSSR count). The molecule has 0 aliphatic heterocycles. The molecule has 7 heteroatoms. The number of carboxylic acids is 1. The number of nitrogens with one attached hydrogen (secondary N) is 1. The third-order valence-electron chi connectivity index (χ3n) is 3.10. The molecule has 0 aliphatic rings. The molecule has 1 aromatic carbocycles. The Labute approximate surface area is 139 Å². The lowest BCUT2D eigenvalue weighted by molar-refractivity contribution is -0.138. The zero-order chi connectivity index (χ0) is 17.4. The van der Waals surface area contributed by atoms with Crippen LogP contribution in [0, 0.1) is 5.82 Å². The van der Waals surface area contributed by atoms with E-state index in [1.54, 1.807) is 13.0 Å². The fourth-order valence-corrected chi connectivity index (χ4v) is 1.97. The molecule has 0 aromatic heterocycles. The molecule has 0 spiro atoms. The standard InChI is InChI=1S/C16H19ClFNO4/c1-3-4-7-23-10(2)16(22)19-14(9-15(20)21)11-5-6-12(17)13(18)8-11/h3,5-6,8,10,14H,1,4,7,9H2,2H3,(H,19,22)(H,20,21). The fraction of sp³-hybridized carbons (Fsp3) is 0.375. The number of rotatable bonds is 9. The van der Waals surface area contributed by atoms with Gasteiger partial charge in [0, 0.05) is 0 Å². The van der Waals surface area contributed by atoms with E-state index >= 15 is 0 Å². The second-order valence-corrected chi connectivity index (χ2v) is 5.33. The van der Waals surface area contributed by atoms with E-state index in [0.29, 0.717) is 18.6 Å². The third-order valence-corrected chi connectivity index (χ3v) is 3.41. The van der Waals surface area contributed by atoms with Gasteiger partial charge in [-0.2, -0.15) is 0 Å². The molecule has 0 radical (unpaired) electrons. The molecule has 2 unspecified atom stereocenters. The van der Waals surface area contributed by atoms with Crippen LogP contribution in [-0.4, -0.2) is 29.7 Å². The summed E-state index contributed by atoms with van der Waals surface area (Å²) in [5.74, 6) is -2.27. The van der Waals surface area contributed by atoms with Gasteiger partial charge in [-0.3, -0.25) is 9.59 Å². The van der Waals surface area contributed by atoms with Crippen LogP contribution < -0.4 is 5.32 Å². The Hall–Kier alpha value is -1.92. The smallest absolute Gasteiger partial charge is 0.305 e. The number of benzene rings is 1. The van der Waals surface area contributed by atoms with Gasteiger partial charge in [0.15, 0.2) is 0 Å². The van der Waals surface area contributed by atoms with Crippen LogP contribution in [0.2, 0.25) is 5.02 Å². The summed E-state index contributed by atoms with van der Waals surface area (Å²) in [4.78, 5) is 23.1. The minimum Gasteiger partial charge on any atom is -0.481 e. The number of ether oxygens (including phenoxy) is 1. The van der Waals surface area contributed by atoms with E-state index < -0.39 is 29.8 Å². The van der Waals surface area contributed by atoms with Gasteiger partial charge in [0.2, 0.25) is 5.91 Å². The highest BCUT2D eigenvalue weighted by molar-refractivity contribution is 6.30. The minimum absolute atomic E-state index is 0.0738. The average molecular weight is 344 g/mol. The van der Waals surface area contributed by atoms with Gasteiger partial charge in [-0.25, -0.2) is 4.39 Å². The van der Waals surface area contributed by atoms with Crippen molar-refractivity contribution < 1.29 is 23.8 Å². The first-order valence-corrected chi connectivity index (χ1v) is 7.42. The molecule has 23 heavy (non-hydrogen) atoms. The summed E-state index contributed by atoms with van der Waals surface area (Å²) < 4.78 is 18.9. The molecule has 0 bridgehead atoms. The summed E-state index contributed by atoms with van der Waals surface area (Å²) in [5.41, 5.74) is 0.320. The van der Waals surface area contributed by atoms with Gasteiger partial charge < -0.3 is 15.2 Å². The van der Waals surface area contributed by atoms with E-state index in [9.17, 15) is 14.0 Å². The van der Waals surface area contributed by atoms with Gasteiger partial charge in [0.05, 0.1) is 24.1 Å². The zero-order valence-electron chi connectivity index (χ0n) is 12.7. The van der Waals surface area contributed by atoms with Crippen molar-refractivity contribution in [2.45, 2.75) is 31.9 Å². The molecule has 1 amide bonds. The molecule has 2 atom stereocenters. The van der Waals surface area contributed by atoms with Crippen LogP contribution in [0.3, 0.4) is 0 Å². The molecule has 0 heterocycles. The van der Waals surface area contributed by atoms with Crippen molar-refractivity contribution in [3.8, 4) is 0 Å². The van der Waals surface area contributed by atoms with Crippen LogP contribution in [0.5, 0.6) is 0 Å². The number of carboxylic acid groups (broad SMARTS) is 1. The van der Waals surface area contributed by atoms with Crippen LogP contribution in [-0.2, 0) is 14.3 Å². The highest BCUT2D eigenvalue weighted by Crippen LogP contribution is 2.22. The predicted molar refractivity (Wildman–Crippen MR) is 84.8 cm³/mol. The monoisotopic (exact) mass is 343 g/mol. The summed E-state index contributed by atoms with van der Waals surface area (Å²) >= 11 is 5.61. The van der Waals surface area contributed by atoms with Crippen LogP contribution in [0.1, 0.15) is 31.4 Å². The maximum Gasteiger partial charge on any atom is 0.305 e. The molecule has 0 saturated heterocycles. The number of carbonyl (C=O) groups is 2. The van der Waals surface area contributed by atoms with E-state index in [1.807, 2.05) is 0 Å². The first-order chi connectivity index (χ1) is 10.8. The number of halogens is 2. The van der Waals surface area contributed by atoms with Gasteiger partial charge >= 0.3 is 5.97 Å². The Morgan fingerprint density at radius 3 is 2.78 bits per heavy atom. The number of hydrogen-bond donors (Lipinski definition) is 2. The summed E-state index contributed by atoms with van der Waals surface area (Å²) in [6.45, 7) is 5.43. The van der Waals surface area contributed by atoms with Crippen LogP contribution in [0.4, 0.5) is 4.39 Å². The van der Waals surface area contributed by atoms with Crippen LogP contribution in [0.15, 0.2) is 30.9 Å². The second kappa shape index (κ2) is 9.27. The molecule has 2 N–H and O–H groups in total. The fourth-order valence-electron chi connectivity index (χ4n) is 1.85. The molecular formula is C16H19ClFNO4. The van der Waals surface area contributed by atoms with Crippen molar-refractivity contribution in [2.24, 2.45) is 0 Å². The van der Waals surface area contributed by atoms with E-state index in [-0.39, 0.29) is 11.4 Å². The van der Waals surface area contributed by atoms with Crippen molar-refractivity contribution in [3.63, 3.8) is 0 Å². The maximum atomic E-state index is 13.6. The largest absolute Gasteiger partial charge is 0.481 e. The third kappa shape index (κ3) is 6.38. The molecule has 1 aromatic rings. The summed E-state index contributed by atoms with van der Waals surface area (Å²) in [6, 6.07) is 3.02. The molecular weight excluding hydrogens is 325 g/mol. The van der Waals surface area contributed by atoms with Crippen molar-refractivity contribution in [1.29, 1.82) is 0 Å². The van der Waals surface area contributed by atoms with Gasteiger partial charge in [-0.15, -0.1) is 6.58 Å². The first-order valence-electron chi connectivity index (χ1n) is 7.04. The van der Waals surface area contributed by atoms with Gasteiger partial charge in [0.25, 0.3) is 0 Å². The molecule has 0 aliphatic carbocycles.